The molecule has 0 spiro atoms. The molecule has 0 aliphatic carbocycles. The molecule has 0 atom stereocenters. The third-order valence-electron chi connectivity index (χ3n) is 3.68. The smallest absolute Gasteiger partial charge is 0.191 e. The van der Waals surface area contributed by atoms with Crippen LogP contribution in [-0.4, -0.2) is 38.1 Å². The monoisotopic (exact) mass is 327 g/mol. The van der Waals surface area contributed by atoms with Crippen molar-refractivity contribution >= 4 is 22.7 Å². The van der Waals surface area contributed by atoms with Gasteiger partial charge in [-0.05, 0) is 30.5 Å². The van der Waals surface area contributed by atoms with Crippen LogP contribution in [0.15, 0.2) is 35.3 Å². The van der Waals surface area contributed by atoms with Gasteiger partial charge in [-0.1, -0.05) is 32.0 Å². The molecule has 1 aromatic carbocycles. The second kappa shape index (κ2) is 8.52. The predicted octanol–water partition coefficient (Wildman–Crippen LogP) is 3.01. The Bertz CT molecular complexity index is 691. The van der Waals surface area contributed by atoms with E-state index in [2.05, 4.69) is 55.7 Å². The number of benzene rings is 1. The van der Waals surface area contributed by atoms with Crippen molar-refractivity contribution < 1.29 is 0 Å². The van der Waals surface area contributed by atoms with Crippen molar-refractivity contribution in [1.29, 1.82) is 0 Å². The number of para-hydroxylation sites is 1. The van der Waals surface area contributed by atoms with Gasteiger partial charge in [0, 0.05) is 32.6 Å². The van der Waals surface area contributed by atoms with Crippen LogP contribution in [0.3, 0.4) is 0 Å². The van der Waals surface area contributed by atoms with Gasteiger partial charge in [-0.25, -0.2) is 9.98 Å². The highest BCUT2D eigenvalue weighted by Gasteiger charge is 2.07. The van der Waals surface area contributed by atoms with Crippen molar-refractivity contribution in [3.05, 3.63) is 35.9 Å². The van der Waals surface area contributed by atoms with Gasteiger partial charge in [0.2, 0.25) is 0 Å². The van der Waals surface area contributed by atoms with E-state index < -0.39 is 0 Å². The number of hydrogen-bond donors (Lipinski definition) is 2. The summed E-state index contributed by atoms with van der Waals surface area (Å²) in [6.45, 7) is 8.85. The Kier molecular flexibility index (Phi) is 6.41. The number of aliphatic imine (C=N–C) groups is 1. The van der Waals surface area contributed by atoms with Crippen LogP contribution in [0.4, 0.5) is 5.82 Å². The molecule has 2 rings (SSSR count). The number of fused-ring (bicyclic) bond motifs is 1. The van der Waals surface area contributed by atoms with Crippen LogP contribution in [0, 0.1) is 5.92 Å². The Morgan fingerprint density at radius 3 is 2.62 bits per heavy atom. The standard InChI is InChI=1S/C19H29N5/c1-6-20-19(21-12-14(2)3)22-13-15-11-18(24(4)5)23-17-10-8-7-9-16(15)17/h7-11,14H,6,12-13H2,1-5H3,(H2,20,21,22). The van der Waals surface area contributed by atoms with Gasteiger partial charge in [-0.15, -0.1) is 0 Å². The Balaban J connectivity index is 2.30. The first-order valence-corrected chi connectivity index (χ1v) is 8.59. The number of guanidine groups is 1. The van der Waals surface area contributed by atoms with Gasteiger partial charge in [0.15, 0.2) is 5.96 Å². The fourth-order valence-electron chi connectivity index (χ4n) is 2.40. The molecule has 2 aromatic rings. The van der Waals surface area contributed by atoms with Crippen LogP contribution in [-0.2, 0) is 6.54 Å². The summed E-state index contributed by atoms with van der Waals surface area (Å²) < 4.78 is 0. The minimum atomic E-state index is 0.580. The van der Waals surface area contributed by atoms with Crippen molar-refractivity contribution in [3.8, 4) is 0 Å². The van der Waals surface area contributed by atoms with Gasteiger partial charge < -0.3 is 15.5 Å². The summed E-state index contributed by atoms with van der Waals surface area (Å²) in [6.07, 6.45) is 0. The van der Waals surface area contributed by atoms with Gasteiger partial charge in [-0.2, -0.15) is 0 Å². The molecule has 0 unspecified atom stereocenters. The summed E-state index contributed by atoms with van der Waals surface area (Å²) in [4.78, 5) is 11.5. The fourth-order valence-corrected chi connectivity index (χ4v) is 2.40. The zero-order valence-electron chi connectivity index (χ0n) is 15.4. The molecular formula is C19H29N5. The lowest BCUT2D eigenvalue weighted by Crippen LogP contribution is -2.39. The van der Waals surface area contributed by atoms with Crippen LogP contribution >= 0.6 is 0 Å². The molecule has 2 N–H and O–H groups in total. The highest BCUT2D eigenvalue weighted by Crippen LogP contribution is 2.22. The topological polar surface area (TPSA) is 52.6 Å². The maximum atomic E-state index is 4.75. The summed E-state index contributed by atoms with van der Waals surface area (Å²) in [6, 6.07) is 10.4. The van der Waals surface area contributed by atoms with Gasteiger partial charge in [0.1, 0.15) is 5.82 Å². The largest absolute Gasteiger partial charge is 0.363 e. The van der Waals surface area contributed by atoms with E-state index in [4.69, 9.17) is 9.98 Å². The molecule has 0 saturated heterocycles. The molecule has 0 amide bonds. The summed E-state index contributed by atoms with van der Waals surface area (Å²) >= 11 is 0. The van der Waals surface area contributed by atoms with Crippen LogP contribution in [0.2, 0.25) is 0 Å². The average Bonchev–Trinajstić information content (AvgIpc) is 2.56. The molecule has 0 bridgehead atoms. The van der Waals surface area contributed by atoms with Gasteiger partial charge in [-0.3, -0.25) is 0 Å². The normalized spacial score (nSPS) is 11.8. The molecule has 5 heteroatoms. The highest BCUT2D eigenvalue weighted by atomic mass is 15.2. The summed E-state index contributed by atoms with van der Waals surface area (Å²) in [5.41, 5.74) is 2.19. The molecule has 0 radical (unpaired) electrons. The maximum absolute atomic E-state index is 4.75. The van der Waals surface area contributed by atoms with Gasteiger partial charge in [0.05, 0.1) is 12.1 Å². The summed E-state index contributed by atoms with van der Waals surface area (Å²) in [7, 11) is 4.02. The first-order chi connectivity index (χ1) is 11.5. The summed E-state index contributed by atoms with van der Waals surface area (Å²) in [5.74, 6) is 2.40. The van der Waals surface area contributed by atoms with Crippen LogP contribution in [0.25, 0.3) is 10.9 Å². The number of nitrogens with zero attached hydrogens (tertiary/aromatic N) is 3. The lowest BCUT2D eigenvalue weighted by Gasteiger charge is -2.16. The molecule has 130 valence electrons. The molecule has 1 aromatic heterocycles. The Labute approximate surface area is 145 Å². The zero-order valence-corrected chi connectivity index (χ0v) is 15.4. The van der Waals surface area contributed by atoms with Gasteiger partial charge in [0.25, 0.3) is 0 Å². The second-order valence-corrected chi connectivity index (χ2v) is 6.52. The fraction of sp³-hybridized carbons (Fsp3) is 0.474. The first-order valence-electron chi connectivity index (χ1n) is 8.59. The van der Waals surface area contributed by atoms with E-state index in [-0.39, 0.29) is 0 Å². The predicted molar refractivity (Wildman–Crippen MR) is 104 cm³/mol. The molecule has 5 nitrogen and oxygen atoms in total. The number of nitrogens with one attached hydrogen (secondary N) is 2. The number of rotatable bonds is 6. The maximum Gasteiger partial charge on any atom is 0.191 e. The first kappa shape index (κ1) is 18.0. The number of pyridine rings is 1. The highest BCUT2D eigenvalue weighted by molar-refractivity contribution is 5.85. The zero-order chi connectivity index (χ0) is 17.5. The van der Waals surface area contributed by atoms with Crippen LogP contribution in [0.5, 0.6) is 0 Å². The van der Waals surface area contributed by atoms with E-state index in [1.165, 1.54) is 5.56 Å². The van der Waals surface area contributed by atoms with Crippen LogP contribution in [0.1, 0.15) is 26.3 Å². The minimum absolute atomic E-state index is 0.580. The summed E-state index contributed by atoms with van der Waals surface area (Å²) in [5, 5.41) is 7.85. The van der Waals surface area contributed by atoms with Crippen LogP contribution < -0.4 is 15.5 Å². The number of hydrogen-bond acceptors (Lipinski definition) is 3. The Morgan fingerprint density at radius 1 is 1.21 bits per heavy atom. The quantitative estimate of drug-likeness (QED) is 0.632. The molecule has 24 heavy (non-hydrogen) atoms. The Morgan fingerprint density at radius 2 is 1.96 bits per heavy atom. The third kappa shape index (κ3) is 4.85. The molecule has 0 aliphatic heterocycles. The van der Waals surface area contributed by atoms with Crippen molar-refractivity contribution in [2.24, 2.45) is 10.9 Å². The molecule has 0 saturated carbocycles. The second-order valence-electron chi connectivity index (χ2n) is 6.52. The van der Waals surface area contributed by atoms with E-state index >= 15 is 0 Å². The van der Waals surface area contributed by atoms with E-state index in [1.807, 2.05) is 25.1 Å². The Hall–Kier alpha value is -2.30. The van der Waals surface area contributed by atoms with E-state index in [0.717, 1.165) is 35.8 Å². The minimum Gasteiger partial charge on any atom is -0.363 e. The van der Waals surface area contributed by atoms with E-state index in [9.17, 15) is 0 Å². The third-order valence-corrected chi connectivity index (χ3v) is 3.68. The van der Waals surface area contributed by atoms with Crippen molar-refractivity contribution in [2.45, 2.75) is 27.3 Å². The van der Waals surface area contributed by atoms with Crippen molar-refractivity contribution in [3.63, 3.8) is 0 Å². The molecular weight excluding hydrogens is 298 g/mol. The average molecular weight is 327 g/mol. The van der Waals surface area contributed by atoms with Gasteiger partial charge >= 0.3 is 0 Å². The number of aromatic nitrogens is 1. The lowest BCUT2D eigenvalue weighted by atomic mass is 10.1. The van der Waals surface area contributed by atoms with Crippen molar-refractivity contribution in [2.75, 3.05) is 32.1 Å². The molecule has 1 heterocycles. The van der Waals surface area contributed by atoms with Crippen molar-refractivity contribution in [1.82, 2.24) is 15.6 Å². The van der Waals surface area contributed by atoms with E-state index in [1.54, 1.807) is 0 Å². The van der Waals surface area contributed by atoms with E-state index in [0.29, 0.717) is 12.5 Å². The SMILES string of the molecule is CCNC(=NCc1cc(N(C)C)nc2ccccc12)NCC(C)C. The molecule has 0 fully saturated rings. The number of anilines is 1. The lowest BCUT2D eigenvalue weighted by molar-refractivity contribution is 0.615. The molecule has 0 aliphatic rings.